The van der Waals surface area contributed by atoms with Crippen LogP contribution in [0.4, 0.5) is 0 Å². The van der Waals surface area contributed by atoms with E-state index in [1.165, 1.54) is 6.21 Å². The number of nitrogens with zero attached hydrogens (tertiary/aromatic N) is 3. The molecule has 15 heavy (non-hydrogen) atoms. The van der Waals surface area contributed by atoms with E-state index in [1.54, 1.807) is 11.7 Å². The highest BCUT2D eigenvalue weighted by Gasteiger charge is 2.12. The van der Waals surface area contributed by atoms with Crippen molar-refractivity contribution in [2.75, 3.05) is 0 Å². The summed E-state index contributed by atoms with van der Waals surface area (Å²) in [7, 11) is 1.77. The van der Waals surface area contributed by atoms with E-state index in [4.69, 9.17) is 16.8 Å². The Bertz CT molecular complexity index is 550. The molecule has 0 saturated heterocycles. The monoisotopic (exact) mass is 287 g/mol. The van der Waals surface area contributed by atoms with Crippen LogP contribution in [0.15, 0.2) is 21.8 Å². The SMILES string of the molecule is Cn1nc2ccc(Br)c(Cl)c2c1C=NO. The van der Waals surface area contributed by atoms with Gasteiger partial charge in [-0.3, -0.25) is 4.68 Å². The average molecular weight is 289 g/mol. The maximum Gasteiger partial charge on any atom is 0.0946 e. The molecular formula is C9H7BrClN3O. The molecule has 0 spiro atoms. The molecule has 0 fully saturated rings. The Balaban J connectivity index is 2.89. The Morgan fingerprint density at radius 2 is 2.33 bits per heavy atom. The van der Waals surface area contributed by atoms with E-state index in [0.717, 1.165) is 15.4 Å². The second-order valence-corrected chi connectivity index (χ2v) is 4.24. The van der Waals surface area contributed by atoms with E-state index in [2.05, 4.69) is 26.2 Å². The Hall–Kier alpha value is -1.07. The lowest BCUT2D eigenvalue weighted by Crippen LogP contribution is -1.96. The normalized spacial score (nSPS) is 11.7. The molecule has 0 atom stereocenters. The van der Waals surface area contributed by atoms with Crippen molar-refractivity contribution in [1.82, 2.24) is 9.78 Å². The summed E-state index contributed by atoms with van der Waals surface area (Å²) >= 11 is 9.47. The third kappa shape index (κ3) is 1.61. The Kier molecular flexibility index (Phi) is 2.67. The summed E-state index contributed by atoms with van der Waals surface area (Å²) in [5.74, 6) is 0. The van der Waals surface area contributed by atoms with E-state index in [1.807, 2.05) is 12.1 Å². The van der Waals surface area contributed by atoms with Gasteiger partial charge in [-0.1, -0.05) is 16.8 Å². The predicted octanol–water partition coefficient (Wildman–Crippen LogP) is 2.80. The van der Waals surface area contributed by atoms with Crippen molar-refractivity contribution in [1.29, 1.82) is 0 Å². The number of hydrogen-bond donors (Lipinski definition) is 1. The third-order valence-corrected chi connectivity index (χ3v) is 3.40. The van der Waals surface area contributed by atoms with Crippen LogP contribution in [0.5, 0.6) is 0 Å². The predicted molar refractivity (Wildman–Crippen MR) is 62.8 cm³/mol. The van der Waals surface area contributed by atoms with E-state index in [0.29, 0.717) is 10.7 Å². The first-order valence-corrected chi connectivity index (χ1v) is 5.30. The molecule has 2 rings (SSSR count). The Morgan fingerprint density at radius 3 is 3.00 bits per heavy atom. The van der Waals surface area contributed by atoms with Gasteiger partial charge in [-0.25, -0.2) is 0 Å². The van der Waals surface area contributed by atoms with Gasteiger partial charge in [0.1, 0.15) is 0 Å². The lowest BCUT2D eigenvalue weighted by atomic mass is 10.2. The van der Waals surface area contributed by atoms with Crippen LogP contribution in [-0.4, -0.2) is 21.2 Å². The van der Waals surface area contributed by atoms with Crippen LogP contribution in [0.25, 0.3) is 10.9 Å². The van der Waals surface area contributed by atoms with E-state index in [-0.39, 0.29) is 0 Å². The van der Waals surface area contributed by atoms with Gasteiger partial charge in [0.05, 0.1) is 22.4 Å². The second kappa shape index (κ2) is 3.83. The highest BCUT2D eigenvalue weighted by Crippen LogP contribution is 2.32. The van der Waals surface area contributed by atoms with Gasteiger partial charge in [-0.2, -0.15) is 5.10 Å². The number of aromatic nitrogens is 2. The zero-order valence-electron chi connectivity index (χ0n) is 7.78. The molecule has 0 aliphatic heterocycles. The maximum atomic E-state index is 8.56. The number of hydrogen-bond acceptors (Lipinski definition) is 3. The van der Waals surface area contributed by atoms with Crippen LogP contribution in [0.1, 0.15) is 5.69 Å². The number of aryl methyl sites for hydroxylation is 1. The molecule has 0 unspecified atom stereocenters. The fourth-order valence-electron chi connectivity index (χ4n) is 1.45. The highest BCUT2D eigenvalue weighted by molar-refractivity contribution is 9.10. The van der Waals surface area contributed by atoms with Gasteiger partial charge >= 0.3 is 0 Å². The molecule has 0 saturated carbocycles. The zero-order chi connectivity index (χ0) is 11.0. The van der Waals surface area contributed by atoms with Gasteiger partial charge in [0.25, 0.3) is 0 Å². The lowest BCUT2D eigenvalue weighted by molar-refractivity contribution is 0.321. The van der Waals surface area contributed by atoms with Crippen molar-refractivity contribution < 1.29 is 5.21 Å². The van der Waals surface area contributed by atoms with E-state index >= 15 is 0 Å². The smallest absolute Gasteiger partial charge is 0.0946 e. The molecule has 78 valence electrons. The number of oxime groups is 1. The minimum Gasteiger partial charge on any atom is -0.411 e. The largest absolute Gasteiger partial charge is 0.411 e. The first-order chi connectivity index (χ1) is 7.15. The van der Waals surface area contributed by atoms with Crippen molar-refractivity contribution in [2.45, 2.75) is 0 Å². The summed E-state index contributed by atoms with van der Waals surface area (Å²) in [6.07, 6.45) is 1.31. The average Bonchev–Trinajstić information content (AvgIpc) is 2.51. The van der Waals surface area contributed by atoms with Crippen LogP contribution in [0.3, 0.4) is 0 Å². The molecular weight excluding hydrogens is 281 g/mol. The summed E-state index contributed by atoms with van der Waals surface area (Å²) in [4.78, 5) is 0. The molecule has 0 radical (unpaired) electrons. The molecule has 2 aromatic rings. The number of fused-ring (bicyclic) bond motifs is 1. The highest BCUT2D eigenvalue weighted by atomic mass is 79.9. The molecule has 1 aromatic carbocycles. The third-order valence-electron chi connectivity index (χ3n) is 2.12. The van der Waals surface area contributed by atoms with Gasteiger partial charge in [-0.05, 0) is 28.1 Å². The van der Waals surface area contributed by atoms with Crippen molar-refractivity contribution in [3.05, 3.63) is 27.3 Å². The molecule has 6 heteroatoms. The number of benzene rings is 1. The molecule has 1 aromatic heterocycles. The molecule has 0 aliphatic carbocycles. The molecule has 1 heterocycles. The fourth-order valence-corrected chi connectivity index (χ4v) is 2.03. The minimum atomic E-state index is 0.565. The summed E-state index contributed by atoms with van der Waals surface area (Å²) in [6.45, 7) is 0. The van der Waals surface area contributed by atoms with Crippen LogP contribution >= 0.6 is 27.5 Å². The van der Waals surface area contributed by atoms with Crippen LogP contribution in [-0.2, 0) is 7.05 Å². The van der Waals surface area contributed by atoms with Crippen molar-refractivity contribution >= 4 is 44.6 Å². The first-order valence-electron chi connectivity index (χ1n) is 4.13. The molecule has 0 aliphatic rings. The van der Waals surface area contributed by atoms with Crippen molar-refractivity contribution in [3.63, 3.8) is 0 Å². The maximum absolute atomic E-state index is 8.56. The van der Waals surface area contributed by atoms with Crippen LogP contribution in [0.2, 0.25) is 5.02 Å². The Labute approximate surface area is 99.3 Å². The summed E-state index contributed by atoms with van der Waals surface area (Å²) < 4.78 is 2.40. The number of halogens is 2. The van der Waals surface area contributed by atoms with Gasteiger partial charge in [0.15, 0.2) is 0 Å². The van der Waals surface area contributed by atoms with Crippen LogP contribution in [0, 0.1) is 0 Å². The van der Waals surface area contributed by atoms with Gasteiger partial charge < -0.3 is 5.21 Å². The quantitative estimate of drug-likeness (QED) is 0.498. The minimum absolute atomic E-state index is 0.565. The zero-order valence-corrected chi connectivity index (χ0v) is 10.1. The number of rotatable bonds is 1. The summed E-state index contributed by atoms with van der Waals surface area (Å²) in [5.41, 5.74) is 1.43. The van der Waals surface area contributed by atoms with E-state index in [9.17, 15) is 0 Å². The summed E-state index contributed by atoms with van der Waals surface area (Å²) in [5, 5.41) is 17.1. The van der Waals surface area contributed by atoms with Gasteiger partial charge in [0.2, 0.25) is 0 Å². The summed E-state index contributed by atoms with van der Waals surface area (Å²) in [6, 6.07) is 3.68. The fraction of sp³-hybridized carbons (Fsp3) is 0.111. The van der Waals surface area contributed by atoms with Crippen molar-refractivity contribution in [2.24, 2.45) is 12.2 Å². The molecule has 1 N–H and O–H groups in total. The molecule has 0 bridgehead atoms. The Morgan fingerprint density at radius 1 is 1.60 bits per heavy atom. The molecule has 4 nitrogen and oxygen atoms in total. The first kappa shape index (κ1) is 10.4. The van der Waals surface area contributed by atoms with Crippen LogP contribution < -0.4 is 0 Å². The molecule has 0 amide bonds. The standard InChI is InChI=1S/C9H7BrClN3O/c1-14-7(4-12-15)8-6(13-14)3-2-5(10)9(8)11/h2-4,15H,1H3. The van der Waals surface area contributed by atoms with Gasteiger partial charge in [-0.15, -0.1) is 0 Å². The lowest BCUT2D eigenvalue weighted by Gasteiger charge is -1.97. The second-order valence-electron chi connectivity index (χ2n) is 3.01. The van der Waals surface area contributed by atoms with E-state index < -0.39 is 0 Å². The van der Waals surface area contributed by atoms with Crippen molar-refractivity contribution in [3.8, 4) is 0 Å². The van der Waals surface area contributed by atoms with Gasteiger partial charge in [0, 0.05) is 16.9 Å². The topological polar surface area (TPSA) is 50.4 Å².